The predicted molar refractivity (Wildman–Crippen MR) is 40.5 cm³/mol. The summed E-state index contributed by atoms with van der Waals surface area (Å²) in [4.78, 5) is 10.0. The Balaban J connectivity index is 3.10. The van der Waals surface area contributed by atoms with Gasteiger partial charge in [-0.1, -0.05) is 18.2 Å². The number of halogens is 1. The van der Waals surface area contributed by atoms with Crippen LogP contribution in [0.4, 0.5) is 4.39 Å². The van der Waals surface area contributed by atoms with Crippen LogP contribution in [-0.4, -0.2) is 0 Å². The molecule has 0 radical (unpaired) electrons. The third kappa shape index (κ3) is 1.45. The number of benzene rings is 1. The molecule has 60 valence electrons. The molecule has 0 aliphatic rings. The summed E-state index contributed by atoms with van der Waals surface area (Å²) in [6.45, 7) is 0. The molecule has 0 aliphatic heterocycles. The third-order valence-corrected chi connectivity index (χ3v) is 1.43. The summed E-state index contributed by atoms with van der Waals surface area (Å²) in [6, 6.07) is 5.93. The highest BCUT2D eigenvalue weighted by Crippen LogP contribution is 2.18. The second-order valence-electron chi connectivity index (χ2n) is 2.16. The van der Waals surface area contributed by atoms with Crippen LogP contribution in [0.25, 0.3) is 0 Å². The van der Waals surface area contributed by atoms with Gasteiger partial charge in [0.15, 0.2) is 0 Å². The van der Waals surface area contributed by atoms with Crippen molar-refractivity contribution in [1.82, 2.24) is 0 Å². The van der Waals surface area contributed by atoms with E-state index in [0.29, 0.717) is 0 Å². The van der Waals surface area contributed by atoms with E-state index in [4.69, 9.17) is 5.26 Å². The van der Waals surface area contributed by atoms with E-state index in [1.807, 2.05) is 0 Å². The van der Waals surface area contributed by atoms with E-state index >= 15 is 0 Å². The van der Waals surface area contributed by atoms with Crippen molar-refractivity contribution in [3.05, 3.63) is 40.6 Å². The number of nitroso groups, excluding NO2 is 1. The van der Waals surface area contributed by atoms with E-state index in [2.05, 4.69) is 5.18 Å². The first-order valence-corrected chi connectivity index (χ1v) is 3.26. The highest BCUT2D eigenvalue weighted by Gasteiger charge is 2.13. The molecule has 0 N–H and O–H groups in total. The van der Waals surface area contributed by atoms with Crippen molar-refractivity contribution in [3.8, 4) is 6.07 Å². The maximum atomic E-state index is 12.9. The summed E-state index contributed by atoms with van der Waals surface area (Å²) in [6.07, 6.45) is 0. The van der Waals surface area contributed by atoms with Crippen molar-refractivity contribution < 1.29 is 4.39 Å². The topological polar surface area (TPSA) is 53.2 Å². The normalized spacial score (nSPS) is 11.7. The lowest BCUT2D eigenvalue weighted by Crippen LogP contribution is -1.94. The van der Waals surface area contributed by atoms with E-state index in [9.17, 15) is 9.30 Å². The Labute approximate surface area is 68.4 Å². The molecule has 0 heterocycles. The van der Waals surface area contributed by atoms with E-state index < -0.39 is 11.9 Å². The Morgan fingerprint density at radius 1 is 1.50 bits per heavy atom. The van der Waals surface area contributed by atoms with Crippen LogP contribution < -0.4 is 0 Å². The fourth-order valence-electron chi connectivity index (χ4n) is 0.847. The lowest BCUT2D eigenvalue weighted by atomic mass is 10.1. The first kappa shape index (κ1) is 8.34. The fraction of sp³-hybridized carbons (Fsp3) is 0.125. The van der Waals surface area contributed by atoms with Crippen LogP contribution in [0.15, 0.2) is 29.4 Å². The minimum absolute atomic E-state index is 0.0231. The summed E-state index contributed by atoms with van der Waals surface area (Å²) in [5.74, 6) is -0.580. The van der Waals surface area contributed by atoms with E-state index in [0.717, 1.165) is 0 Å². The lowest BCUT2D eigenvalue weighted by molar-refractivity contribution is 0.603. The molecule has 1 unspecified atom stereocenters. The Kier molecular flexibility index (Phi) is 2.49. The van der Waals surface area contributed by atoms with E-state index in [1.165, 1.54) is 18.2 Å². The van der Waals surface area contributed by atoms with E-state index in [1.54, 1.807) is 12.1 Å². The van der Waals surface area contributed by atoms with Gasteiger partial charge in [0.1, 0.15) is 5.82 Å². The fourth-order valence-corrected chi connectivity index (χ4v) is 0.847. The van der Waals surface area contributed by atoms with Gasteiger partial charge < -0.3 is 0 Å². The molecular weight excluding hydrogens is 159 g/mol. The van der Waals surface area contributed by atoms with Crippen LogP contribution in [0, 0.1) is 22.1 Å². The Bertz CT molecular complexity index is 332. The lowest BCUT2D eigenvalue weighted by Gasteiger charge is -2.00. The summed E-state index contributed by atoms with van der Waals surface area (Å²) < 4.78 is 12.9. The number of rotatable bonds is 2. The van der Waals surface area contributed by atoms with Crippen molar-refractivity contribution in [2.45, 2.75) is 6.04 Å². The van der Waals surface area contributed by atoms with Crippen LogP contribution >= 0.6 is 0 Å². The van der Waals surface area contributed by atoms with Gasteiger partial charge in [0.05, 0.1) is 6.07 Å². The van der Waals surface area contributed by atoms with Gasteiger partial charge in [-0.3, -0.25) is 0 Å². The van der Waals surface area contributed by atoms with Gasteiger partial charge in [-0.2, -0.15) is 5.26 Å². The number of nitriles is 1. The Morgan fingerprint density at radius 2 is 2.17 bits per heavy atom. The average molecular weight is 164 g/mol. The molecule has 1 atom stereocenters. The molecule has 0 aromatic heterocycles. The summed E-state index contributed by atoms with van der Waals surface area (Å²) in [5.41, 5.74) is 0.0231. The highest BCUT2D eigenvalue weighted by molar-refractivity contribution is 5.25. The van der Waals surface area contributed by atoms with Gasteiger partial charge in [-0.15, -0.1) is 4.91 Å². The van der Waals surface area contributed by atoms with Crippen LogP contribution in [0.1, 0.15) is 11.6 Å². The zero-order valence-corrected chi connectivity index (χ0v) is 6.07. The second-order valence-corrected chi connectivity index (χ2v) is 2.16. The molecule has 12 heavy (non-hydrogen) atoms. The molecule has 1 aromatic carbocycles. The second kappa shape index (κ2) is 3.58. The maximum absolute atomic E-state index is 12.9. The zero-order chi connectivity index (χ0) is 8.97. The minimum Gasteiger partial charge on any atom is -0.207 e. The first-order valence-electron chi connectivity index (χ1n) is 3.26. The van der Waals surface area contributed by atoms with Gasteiger partial charge in [-0.05, 0) is 11.2 Å². The summed E-state index contributed by atoms with van der Waals surface area (Å²) in [5, 5.41) is 10.9. The molecule has 0 saturated carbocycles. The summed E-state index contributed by atoms with van der Waals surface area (Å²) in [7, 11) is 0. The van der Waals surface area contributed by atoms with Crippen molar-refractivity contribution in [2.24, 2.45) is 5.18 Å². The van der Waals surface area contributed by atoms with Crippen molar-refractivity contribution in [1.29, 1.82) is 5.26 Å². The van der Waals surface area contributed by atoms with Gasteiger partial charge in [-0.25, -0.2) is 4.39 Å². The monoisotopic (exact) mass is 164 g/mol. The maximum Gasteiger partial charge on any atom is 0.205 e. The first-order chi connectivity index (χ1) is 5.79. The largest absolute Gasteiger partial charge is 0.207 e. The molecule has 0 amide bonds. The van der Waals surface area contributed by atoms with Crippen molar-refractivity contribution >= 4 is 0 Å². The highest BCUT2D eigenvalue weighted by atomic mass is 19.1. The molecule has 0 spiro atoms. The SMILES string of the molecule is N#CC(N=O)c1ccccc1F. The van der Waals surface area contributed by atoms with Gasteiger partial charge >= 0.3 is 0 Å². The molecule has 1 aromatic rings. The van der Waals surface area contributed by atoms with Crippen LogP contribution in [0.3, 0.4) is 0 Å². The van der Waals surface area contributed by atoms with Gasteiger partial charge in [0, 0.05) is 5.56 Å². The van der Waals surface area contributed by atoms with Gasteiger partial charge in [0.25, 0.3) is 0 Å². The quantitative estimate of drug-likeness (QED) is 0.629. The predicted octanol–water partition coefficient (Wildman–Crippen LogP) is 2.16. The Morgan fingerprint density at radius 3 is 2.67 bits per heavy atom. The number of hydrogen-bond donors (Lipinski definition) is 0. The molecule has 4 heteroatoms. The molecule has 3 nitrogen and oxygen atoms in total. The molecular formula is C8H5FN2O. The zero-order valence-electron chi connectivity index (χ0n) is 6.07. The molecule has 0 saturated heterocycles. The molecule has 0 fully saturated rings. The van der Waals surface area contributed by atoms with Crippen LogP contribution in [-0.2, 0) is 0 Å². The Hall–Kier alpha value is -1.76. The molecule has 1 rings (SSSR count). The van der Waals surface area contributed by atoms with Crippen LogP contribution in [0.2, 0.25) is 0 Å². The minimum atomic E-state index is -1.24. The van der Waals surface area contributed by atoms with Crippen molar-refractivity contribution in [3.63, 3.8) is 0 Å². The molecule has 0 aliphatic carbocycles. The van der Waals surface area contributed by atoms with Crippen molar-refractivity contribution in [2.75, 3.05) is 0 Å². The smallest absolute Gasteiger partial charge is 0.205 e. The number of hydrogen-bond acceptors (Lipinski definition) is 3. The number of nitrogens with zero attached hydrogens (tertiary/aromatic N) is 2. The standard InChI is InChI=1S/C8H5FN2O/c9-7-4-2-1-3-6(7)8(5-10)11-12/h1-4,8H. The van der Waals surface area contributed by atoms with Gasteiger partial charge in [0.2, 0.25) is 6.04 Å². The summed E-state index contributed by atoms with van der Waals surface area (Å²) >= 11 is 0. The van der Waals surface area contributed by atoms with E-state index in [-0.39, 0.29) is 5.56 Å². The average Bonchev–Trinajstić information content (AvgIpc) is 2.10. The molecule has 0 bridgehead atoms. The van der Waals surface area contributed by atoms with Crippen LogP contribution in [0.5, 0.6) is 0 Å². The third-order valence-electron chi connectivity index (χ3n) is 1.43.